The van der Waals surface area contributed by atoms with E-state index in [-0.39, 0.29) is 0 Å². The first kappa shape index (κ1) is 19.2. The van der Waals surface area contributed by atoms with Crippen LogP contribution in [0.4, 0.5) is 5.13 Å². The number of thiazole rings is 1. The highest BCUT2D eigenvalue weighted by atomic mass is 79.9. The Labute approximate surface area is 174 Å². The molecule has 0 fully saturated rings. The average molecular weight is 471 g/mol. The summed E-state index contributed by atoms with van der Waals surface area (Å²) in [6.07, 6.45) is 1.70. The molecule has 1 N–H and O–H groups in total. The number of hydrazone groups is 1. The van der Waals surface area contributed by atoms with Crippen LogP contribution in [0.1, 0.15) is 16.8 Å². The number of nitrogens with zero attached hydrogens (tertiary/aromatic N) is 2. The van der Waals surface area contributed by atoms with Gasteiger partial charge in [-0.15, -0.1) is 11.3 Å². The number of rotatable bonds is 6. The first-order valence-electron chi connectivity index (χ1n) is 7.59. The highest BCUT2D eigenvalue weighted by Crippen LogP contribution is 2.26. The Morgan fingerprint density at radius 1 is 1.23 bits per heavy atom. The van der Waals surface area contributed by atoms with Crippen LogP contribution in [0, 0.1) is 6.92 Å². The van der Waals surface area contributed by atoms with Crippen molar-refractivity contribution in [3.63, 3.8) is 0 Å². The van der Waals surface area contributed by atoms with Crippen LogP contribution >= 0.6 is 50.5 Å². The van der Waals surface area contributed by atoms with E-state index < -0.39 is 0 Å². The lowest BCUT2D eigenvalue weighted by molar-refractivity contribution is 0.306. The van der Waals surface area contributed by atoms with Gasteiger partial charge in [-0.2, -0.15) is 5.10 Å². The van der Waals surface area contributed by atoms with Gasteiger partial charge in [0, 0.05) is 15.4 Å². The third kappa shape index (κ3) is 5.20. The van der Waals surface area contributed by atoms with Crippen molar-refractivity contribution in [3.8, 4) is 5.75 Å². The van der Waals surface area contributed by atoms with Gasteiger partial charge in [0.25, 0.3) is 0 Å². The molecule has 134 valence electrons. The maximum Gasteiger partial charge on any atom is 0.203 e. The minimum atomic E-state index is 0.373. The molecular formula is C18H14BrCl2N3OS. The molecule has 0 amide bonds. The van der Waals surface area contributed by atoms with Crippen molar-refractivity contribution < 1.29 is 4.74 Å². The van der Waals surface area contributed by atoms with Crippen molar-refractivity contribution in [2.45, 2.75) is 13.5 Å². The molecule has 0 saturated heterocycles. The normalized spacial score (nSPS) is 11.1. The zero-order chi connectivity index (χ0) is 18.5. The van der Waals surface area contributed by atoms with Crippen LogP contribution in [0.3, 0.4) is 0 Å². The summed E-state index contributed by atoms with van der Waals surface area (Å²) < 4.78 is 6.86. The molecule has 1 aromatic heterocycles. The second-order valence-corrected chi connectivity index (χ2v) is 7.97. The largest absolute Gasteiger partial charge is 0.488 e. The highest BCUT2D eigenvalue weighted by molar-refractivity contribution is 9.10. The third-order valence-corrected chi connectivity index (χ3v) is 5.43. The van der Waals surface area contributed by atoms with Gasteiger partial charge >= 0.3 is 0 Å². The van der Waals surface area contributed by atoms with E-state index in [4.69, 9.17) is 27.9 Å². The lowest BCUT2D eigenvalue weighted by atomic mass is 10.2. The van der Waals surface area contributed by atoms with E-state index in [2.05, 4.69) is 31.4 Å². The predicted molar refractivity (Wildman–Crippen MR) is 113 cm³/mol. The van der Waals surface area contributed by atoms with Crippen molar-refractivity contribution >= 4 is 61.8 Å². The lowest BCUT2D eigenvalue weighted by Crippen LogP contribution is -1.99. The van der Waals surface area contributed by atoms with E-state index in [0.717, 1.165) is 26.4 Å². The Hall–Kier alpha value is -1.60. The molecule has 3 rings (SSSR count). The number of hydrogen-bond donors (Lipinski definition) is 1. The van der Waals surface area contributed by atoms with E-state index in [0.29, 0.717) is 22.4 Å². The van der Waals surface area contributed by atoms with E-state index in [1.807, 2.05) is 36.6 Å². The molecule has 26 heavy (non-hydrogen) atoms. The molecule has 0 saturated carbocycles. The van der Waals surface area contributed by atoms with E-state index in [9.17, 15) is 0 Å². The standard InChI is InChI=1S/C18H14BrCl2N3OS/c1-11-10-26-18(23-11)24-22-8-13-7-14(19)3-5-17(13)25-9-12-2-4-15(20)16(21)6-12/h2-8,10H,9H2,1H3,(H,23,24). The van der Waals surface area contributed by atoms with Gasteiger partial charge in [-0.1, -0.05) is 45.2 Å². The minimum Gasteiger partial charge on any atom is -0.488 e. The number of halogens is 3. The Bertz CT molecular complexity index is 946. The zero-order valence-corrected chi connectivity index (χ0v) is 17.6. The third-order valence-electron chi connectivity index (χ3n) is 3.33. The highest BCUT2D eigenvalue weighted by Gasteiger charge is 2.05. The Morgan fingerprint density at radius 2 is 2.08 bits per heavy atom. The summed E-state index contributed by atoms with van der Waals surface area (Å²) in [5, 5.41) is 7.98. The van der Waals surface area contributed by atoms with Crippen molar-refractivity contribution in [2.75, 3.05) is 5.43 Å². The molecule has 0 bridgehead atoms. The van der Waals surface area contributed by atoms with E-state index in [1.165, 1.54) is 11.3 Å². The molecule has 8 heteroatoms. The first-order chi connectivity index (χ1) is 12.5. The van der Waals surface area contributed by atoms with Gasteiger partial charge in [0.15, 0.2) is 0 Å². The summed E-state index contributed by atoms with van der Waals surface area (Å²) in [5.74, 6) is 0.708. The molecule has 0 atom stereocenters. The summed E-state index contributed by atoms with van der Waals surface area (Å²) in [6.45, 7) is 2.31. The van der Waals surface area contributed by atoms with Gasteiger partial charge < -0.3 is 4.74 Å². The molecular weight excluding hydrogens is 457 g/mol. The second-order valence-electron chi connectivity index (χ2n) is 5.38. The molecule has 0 unspecified atom stereocenters. The molecule has 0 aliphatic rings. The van der Waals surface area contributed by atoms with Gasteiger partial charge in [0.05, 0.1) is 22.0 Å². The summed E-state index contributed by atoms with van der Waals surface area (Å²) in [6, 6.07) is 11.2. The molecule has 1 heterocycles. The topological polar surface area (TPSA) is 46.5 Å². The number of anilines is 1. The van der Waals surface area contributed by atoms with Crippen LogP contribution in [-0.4, -0.2) is 11.2 Å². The SMILES string of the molecule is Cc1csc(NN=Cc2cc(Br)ccc2OCc2ccc(Cl)c(Cl)c2)n1. The van der Waals surface area contributed by atoms with Gasteiger partial charge in [0.1, 0.15) is 12.4 Å². The minimum absolute atomic E-state index is 0.373. The summed E-state index contributed by atoms with van der Waals surface area (Å²) >= 11 is 17.0. The monoisotopic (exact) mass is 469 g/mol. The molecule has 0 spiro atoms. The summed E-state index contributed by atoms with van der Waals surface area (Å²) in [5.41, 5.74) is 5.65. The molecule has 0 aliphatic heterocycles. The van der Waals surface area contributed by atoms with Crippen molar-refractivity contribution in [1.29, 1.82) is 0 Å². The molecule has 2 aromatic carbocycles. The van der Waals surface area contributed by atoms with Crippen LogP contribution in [-0.2, 0) is 6.61 Å². The van der Waals surface area contributed by atoms with Crippen molar-refractivity contribution in [3.05, 3.63) is 73.1 Å². The quantitative estimate of drug-likeness (QED) is 0.328. The fourth-order valence-electron chi connectivity index (χ4n) is 2.10. The maximum absolute atomic E-state index is 6.05. The molecule has 0 radical (unpaired) electrons. The summed E-state index contributed by atoms with van der Waals surface area (Å²) in [4.78, 5) is 4.30. The fourth-order valence-corrected chi connectivity index (χ4v) is 3.44. The lowest BCUT2D eigenvalue weighted by Gasteiger charge is -2.10. The van der Waals surface area contributed by atoms with Crippen LogP contribution in [0.5, 0.6) is 5.75 Å². The first-order valence-corrected chi connectivity index (χ1v) is 10.0. The van der Waals surface area contributed by atoms with Crippen LogP contribution < -0.4 is 10.2 Å². The van der Waals surface area contributed by atoms with E-state index >= 15 is 0 Å². The number of ether oxygens (including phenoxy) is 1. The Balaban J connectivity index is 1.71. The molecule has 4 nitrogen and oxygen atoms in total. The van der Waals surface area contributed by atoms with Crippen molar-refractivity contribution in [1.82, 2.24) is 4.98 Å². The molecule has 0 aliphatic carbocycles. The van der Waals surface area contributed by atoms with Gasteiger partial charge in [0.2, 0.25) is 5.13 Å². The van der Waals surface area contributed by atoms with Crippen LogP contribution in [0.15, 0.2) is 51.4 Å². The van der Waals surface area contributed by atoms with Gasteiger partial charge in [-0.25, -0.2) is 4.98 Å². The number of hydrogen-bond acceptors (Lipinski definition) is 5. The van der Waals surface area contributed by atoms with Gasteiger partial charge in [-0.3, -0.25) is 5.43 Å². The maximum atomic E-state index is 6.05. The van der Waals surface area contributed by atoms with Crippen LogP contribution in [0.25, 0.3) is 0 Å². The molecule has 3 aromatic rings. The number of benzene rings is 2. The fraction of sp³-hybridized carbons (Fsp3) is 0.111. The smallest absolute Gasteiger partial charge is 0.203 e. The van der Waals surface area contributed by atoms with Gasteiger partial charge in [-0.05, 0) is 42.8 Å². The van der Waals surface area contributed by atoms with Crippen molar-refractivity contribution in [2.24, 2.45) is 5.10 Å². The second kappa shape index (κ2) is 8.86. The zero-order valence-electron chi connectivity index (χ0n) is 13.7. The Kier molecular flexibility index (Phi) is 6.53. The average Bonchev–Trinajstić information content (AvgIpc) is 3.02. The summed E-state index contributed by atoms with van der Waals surface area (Å²) in [7, 11) is 0. The number of nitrogens with one attached hydrogen (secondary N) is 1. The van der Waals surface area contributed by atoms with E-state index in [1.54, 1.807) is 18.3 Å². The number of aryl methyl sites for hydroxylation is 1. The van der Waals surface area contributed by atoms with Crippen LogP contribution in [0.2, 0.25) is 10.0 Å². The number of aromatic nitrogens is 1. The predicted octanol–water partition coefficient (Wildman–Crippen LogP) is 6.55. The Morgan fingerprint density at radius 3 is 2.81 bits per heavy atom.